The molecule has 1 unspecified atom stereocenters. The molecule has 3 N–H and O–H groups in total. The van der Waals surface area contributed by atoms with Crippen LogP contribution in [-0.4, -0.2) is 23.9 Å². The number of aryl methyl sites for hydroxylation is 1. The van der Waals surface area contributed by atoms with Crippen molar-refractivity contribution in [3.05, 3.63) is 23.4 Å². The Morgan fingerprint density at radius 2 is 2.19 bits per heavy atom. The van der Waals surface area contributed by atoms with Crippen LogP contribution in [0.3, 0.4) is 0 Å². The maximum Gasteiger partial charge on any atom is 0.139 e. The average Bonchev–Trinajstić information content (AvgIpc) is 2.26. The van der Waals surface area contributed by atoms with Crippen molar-refractivity contribution in [3.8, 4) is 0 Å². The first-order chi connectivity index (χ1) is 7.47. The number of nitrogens with one attached hydrogen (secondary N) is 1. The molecule has 0 saturated heterocycles. The molecule has 0 radical (unpaired) electrons. The summed E-state index contributed by atoms with van der Waals surface area (Å²) in [6.45, 7) is 6.20. The van der Waals surface area contributed by atoms with Gasteiger partial charge in [0.25, 0.3) is 0 Å². The van der Waals surface area contributed by atoms with Gasteiger partial charge in [-0.3, -0.25) is 5.41 Å². The van der Waals surface area contributed by atoms with E-state index in [0.717, 1.165) is 17.9 Å². The third-order valence-corrected chi connectivity index (χ3v) is 2.89. The fourth-order valence-electron chi connectivity index (χ4n) is 1.50. The zero-order valence-corrected chi connectivity index (χ0v) is 10.4. The molecule has 4 nitrogen and oxygen atoms in total. The van der Waals surface area contributed by atoms with Crippen LogP contribution in [0.5, 0.6) is 0 Å². The first-order valence-corrected chi connectivity index (χ1v) is 5.52. The van der Waals surface area contributed by atoms with Gasteiger partial charge in [0.1, 0.15) is 11.7 Å². The number of hydrogen-bond acceptors (Lipinski definition) is 3. The van der Waals surface area contributed by atoms with Crippen molar-refractivity contribution >= 4 is 11.7 Å². The highest BCUT2D eigenvalue weighted by atomic mass is 15.2. The molecule has 1 aromatic heterocycles. The molecular weight excluding hydrogens is 200 g/mol. The average molecular weight is 220 g/mol. The Bertz CT molecular complexity index is 387. The molecule has 0 aliphatic heterocycles. The van der Waals surface area contributed by atoms with Gasteiger partial charge in [0, 0.05) is 18.8 Å². The van der Waals surface area contributed by atoms with Crippen LogP contribution in [-0.2, 0) is 0 Å². The first kappa shape index (κ1) is 12.5. The molecule has 0 spiro atoms. The van der Waals surface area contributed by atoms with E-state index in [2.05, 4.69) is 23.7 Å². The van der Waals surface area contributed by atoms with Crippen molar-refractivity contribution in [1.29, 1.82) is 5.41 Å². The van der Waals surface area contributed by atoms with Gasteiger partial charge < -0.3 is 10.6 Å². The molecule has 1 heterocycles. The van der Waals surface area contributed by atoms with Crippen molar-refractivity contribution in [2.75, 3.05) is 11.9 Å². The summed E-state index contributed by atoms with van der Waals surface area (Å²) in [5, 5.41) is 7.55. The van der Waals surface area contributed by atoms with E-state index >= 15 is 0 Å². The summed E-state index contributed by atoms with van der Waals surface area (Å²) in [6, 6.07) is 4.12. The molecule has 1 aromatic rings. The molecule has 0 bridgehead atoms. The van der Waals surface area contributed by atoms with E-state index in [1.165, 1.54) is 0 Å². The molecule has 0 amide bonds. The van der Waals surface area contributed by atoms with Crippen LogP contribution in [0.25, 0.3) is 0 Å². The molecule has 0 fully saturated rings. The summed E-state index contributed by atoms with van der Waals surface area (Å²) < 4.78 is 0. The molecule has 1 rings (SSSR count). The normalized spacial score (nSPS) is 12.2. The van der Waals surface area contributed by atoms with E-state index in [-0.39, 0.29) is 5.84 Å². The number of pyridine rings is 1. The Hall–Kier alpha value is -1.58. The minimum Gasteiger partial charge on any atom is -0.384 e. The highest BCUT2D eigenvalue weighted by Gasteiger charge is 2.15. The van der Waals surface area contributed by atoms with Crippen LogP contribution in [0.15, 0.2) is 12.1 Å². The molecular formula is C12H20N4. The number of nitrogens with two attached hydrogens (primary N) is 1. The van der Waals surface area contributed by atoms with Crippen LogP contribution < -0.4 is 10.6 Å². The van der Waals surface area contributed by atoms with Gasteiger partial charge in [-0.1, -0.05) is 6.92 Å². The van der Waals surface area contributed by atoms with Gasteiger partial charge in [-0.2, -0.15) is 0 Å². The number of aromatic nitrogens is 1. The Morgan fingerprint density at radius 3 is 2.69 bits per heavy atom. The molecule has 0 saturated carbocycles. The van der Waals surface area contributed by atoms with E-state index < -0.39 is 0 Å². The molecule has 0 aliphatic rings. The predicted octanol–water partition coefficient (Wildman–Crippen LogP) is 1.91. The van der Waals surface area contributed by atoms with E-state index in [1.807, 2.05) is 26.1 Å². The Labute approximate surface area is 97.0 Å². The molecule has 88 valence electrons. The molecule has 4 heteroatoms. The highest BCUT2D eigenvalue weighted by molar-refractivity contribution is 5.99. The maximum absolute atomic E-state index is 7.55. The van der Waals surface area contributed by atoms with Crippen molar-refractivity contribution in [1.82, 2.24) is 4.98 Å². The van der Waals surface area contributed by atoms with Crippen LogP contribution in [0.2, 0.25) is 0 Å². The van der Waals surface area contributed by atoms with Crippen LogP contribution >= 0.6 is 0 Å². The number of anilines is 1. The minimum absolute atomic E-state index is 0.0673. The summed E-state index contributed by atoms with van der Waals surface area (Å²) >= 11 is 0. The van der Waals surface area contributed by atoms with Crippen molar-refractivity contribution in [2.45, 2.75) is 33.2 Å². The maximum atomic E-state index is 7.55. The smallest absolute Gasteiger partial charge is 0.139 e. The van der Waals surface area contributed by atoms with Crippen LogP contribution in [0.1, 0.15) is 31.5 Å². The third-order valence-electron chi connectivity index (χ3n) is 2.89. The van der Waals surface area contributed by atoms with Gasteiger partial charge in [-0.15, -0.1) is 0 Å². The number of hydrogen-bond donors (Lipinski definition) is 2. The summed E-state index contributed by atoms with van der Waals surface area (Å²) in [5.74, 6) is 0.861. The standard InChI is InChI=1S/C12H20N4/c1-5-9(3)16(4)12-10(11(13)14)7-6-8(2)15-12/h6-7,9H,5H2,1-4H3,(H3,13,14). The highest BCUT2D eigenvalue weighted by Crippen LogP contribution is 2.19. The monoisotopic (exact) mass is 220 g/mol. The van der Waals surface area contributed by atoms with E-state index in [4.69, 9.17) is 11.1 Å². The lowest BCUT2D eigenvalue weighted by molar-refractivity contribution is 0.655. The van der Waals surface area contributed by atoms with E-state index in [0.29, 0.717) is 11.6 Å². The largest absolute Gasteiger partial charge is 0.384 e. The molecule has 0 aliphatic carbocycles. The Kier molecular flexibility index (Phi) is 3.88. The van der Waals surface area contributed by atoms with E-state index in [1.54, 1.807) is 0 Å². The second kappa shape index (κ2) is 4.96. The second-order valence-corrected chi connectivity index (χ2v) is 4.11. The molecule has 1 atom stereocenters. The van der Waals surface area contributed by atoms with Crippen molar-refractivity contribution in [3.63, 3.8) is 0 Å². The summed E-state index contributed by atoms with van der Waals surface area (Å²) in [4.78, 5) is 6.54. The lowest BCUT2D eigenvalue weighted by Gasteiger charge is -2.27. The van der Waals surface area contributed by atoms with E-state index in [9.17, 15) is 0 Å². The van der Waals surface area contributed by atoms with Gasteiger partial charge in [0.05, 0.1) is 5.56 Å². The Balaban J connectivity index is 3.19. The fourth-order valence-corrected chi connectivity index (χ4v) is 1.50. The fraction of sp³-hybridized carbons (Fsp3) is 0.500. The van der Waals surface area contributed by atoms with Gasteiger partial charge in [0.2, 0.25) is 0 Å². The number of nitrogens with zero attached hydrogens (tertiary/aromatic N) is 2. The van der Waals surface area contributed by atoms with Gasteiger partial charge in [-0.25, -0.2) is 4.98 Å². The number of amidine groups is 1. The van der Waals surface area contributed by atoms with Crippen LogP contribution in [0.4, 0.5) is 5.82 Å². The number of rotatable bonds is 4. The third kappa shape index (κ3) is 2.51. The summed E-state index contributed by atoms with van der Waals surface area (Å²) in [7, 11) is 1.99. The predicted molar refractivity (Wildman–Crippen MR) is 68.1 cm³/mol. The van der Waals surface area contributed by atoms with Gasteiger partial charge in [-0.05, 0) is 32.4 Å². The van der Waals surface area contributed by atoms with Gasteiger partial charge in [0.15, 0.2) is 0 Å². The lowest BCUT2D eigenvalue weighted by Crippen LogP contribution is -2.31. The molecule has 0 aromatic carbocycles. The van der Waals surface area contributed by atoms with Gasteiger partial charge >= 0.3 is 0 Å². The minimum atomic E-state index is 0.0673. The van der Waals surface area contributed by atoms with Crippen molar-refractivity contribution in [2.24, 2.45) is 5.73 Å². The first-order valence-electron chi connectivity index (χ1n) is 5.52. The zero-order chi connectivity index (χ0) is 12.3. The topological polar surface area (TPSA) is 66.0 Å². The SMILES string of the molecule is CCC(C)N(C)c1nc(C)ccc1C(=N)N. The quantitative estimate of drug-likeness (QED) is 0.601. The summed E-state index contributed by atoms with van der Waals surface area (Å²) in [6.07, 6.45) is 1.03. The number of nitrogen functional groups attached to an aromatic ring is 1. The van der Waals surface area contributed by atoms with Crippen LogP contribution in [0, 0.1) is 12.3 Å². The summed E-state index contributed by atoms with van der Waals surface area (Å²) in [5.41, 5.74) is 7.20. The van der Waals surface area contributed by atoms with Crippen molar-refractivity contribution < 1.29 is 0 Å². The Morgan fingerprint density at radius 1 is 1.56 bits per heavy atom. The zero-order valence-electron chi connectivity index (χ0n) is 10.4. The molecule has 16 heavy (non-hydrogen) atoms. The second-order valence-electron chi connectivity index (χ2n) is 4.11. The lowest BCUT2D eigenvalue weighted by atomic mass is 10.1.